The highest BCUT2D eigenvalue weighted by atomic mass is 16.7. The Labute approximate surface area is 530 Å². The molecule has 9 unspecified atom stereocenters. The van der Waals surface area contributed by atoms with Gasteiger partial charge in [0.25, 0.3) is 0 Å². The number of amides is 1. The second-order valence-corrected chi connectivity index (χ2v) is 26.4. The zero-order valence-corrected chi connectivity index (χ0v) is 56.3. The van der Waals surface area contributed by atoms with Crippen molar-refractivity contribution in [3.8, 4) is 0 Å². The maximum Gasteiger partial charge on any atom is 0.249 e. The summed E-state index contributed by atoms with van der Waals surface area (Å²) in [6.07, 6.45) is 71.1. The van der Waals surface area contributed by atoms with Crippen LogP contribution < -0.4 is 5.32 Å². The van der Waals surface area contributed by atoms with Gasteiger partial charge < -0.3 is 50.5 Å². The molecule has 0 saturated carbocycles. The van der Waals surface area contributed by atoms with E-state index in [-0.39, 0.29) is 12.8 Å². The van der Waals surface area contributed by atoms with Gasteiger partial charge in [0.05, 0.1) is 25.4 Å². The van der Waals surface area contributed by atoms with E-state index in [0.29, 0.717) is 19.3 Å². The van der Waals surface area contributed by atoms with Crippen molar-refractivity contribution in [1.29, 1.82) is 0 Å². The normalized spacial score (nSPS) is 18.9. The van der Waals surface area contributed by atoms with E-state index in [4.69, 9.17) is 9.47 Å². The molecule has 0 aromatic carbocycles. The van der Waals surface area contributed by atoms with E-state index in [9.17, 15) is 40.5 Å². The number of allylic oxidation sites excluding steroid dienone is 6. The van der Waals surface area contributed by atoms with Gasteiger partial charge in [-0.25, -0.2) is 0 Å². The van der Waals surface area contributed by atoms with E-state index < -0.39 is 74.2 Å². The first kappa shape index (κ1) is 82.3. The van der Waals surface area contributed by atoms with Crippen molar-refractivity contribution >= 4 is 5.91 Å². The van der Waals surface area contributed by atoms with Crippen LogP contribution in [0.25, 0.3) is 0 Å². The number of hydrogen-bond acceptors (Lipinski definition) is 10. The maximum absolute atomic E-state index is 13.3. The summed E-state index contributed by atoms with van der Waals surface area (Å²) in [5, 5.41) is 76.5. The van der Waals surface area contributed by atoms with Gasteiger partial charge in [-0.15, -0.1) is 0 Å². The number of carbonyl (C=O) groups is 1. The van der Waals surface area contributed by atoms with Gasteiger partial charge in [0.2, 0.25) is 5.91 Å². The predicted octanol–water partition coefficient (Wildman–Crippen LogP) is 18.5. The molecule has 0 spiro atoms. The minimum absolute atomic E-state index is 0.248. The second-order valence-electron chi connectivity index (χ2n) is 26.4. The Morgan fingerprint density at radius 3 is 1.03 bits per heavy atom. The summed E-state index contributed by atoms with van der Waals surface area (Å²) < 4.78 is 11.2. The van der Waals surface area contributed by atoms with Crippen LogP contribution in [-0.4, -0.2) is 110 Å². The van der Waals surface area contributed by atoms with Gasteiger partial charge in [-0.2, -0.15) is 0 Å². The standard InChI is InChI=1S/C75H143NO10/c1-3-5-7-9-11-13-15-17-19-21-23-25-27-28-29-30-31-32-33-34-35-36-37-38-39-41-43-45-47-49-51-53-55-57-59-61-63-68(79)74(84)76-66(65-85-75-73(83)72(82)71(81)69(64-77)86-75)70(80)67(78)62-60-58-56-54-52-50-48-46-44-42-40-26-24-22-20-18-16-14-12-10-8-6-4-2/h32-33,46,48,54,56,66-73,75,77-83H,3-31,34-45,47,49-53,55,57-65H2,1-2H3,(H,76,84)/b33-32-,48-46+,56-54+. The molecule has 0 radical (unpaired) electrons. The molecule has 11 nitrogen and oxygen atoms in total. The van der Waals surface area contributed by atoms with Crippen molar-refractivity contribution in [2.24, 2.45) is 0 Å². The third-order valence-corrected chi connectivity index (χ3v) is 18.1. The van der Waals surface area contributed by atoms with Crippen molar-refractivity contribution in [2.75, 3.05) is 13.2 Å². The Balaban J connectivity index is 2.16. The monoisotopic (exact) mass is 1220 g/mol. The third-order valence-electron chi connectivity index (χ3n) is 18.1. The lowest BCUT2D eigenvalue weighted by Crippen LogP contribution is -2.60. The van der Waals surface area contributed by atoms with Crippen LogP contribution >= 0.6 is 0 Å². The highest BCUT2D eigenvalue weighted by molar-refractivity contribution is 5.80. The van der Waals surface area contributed by atoms with E-state index >= 15 is 0 Å². The smallest absolute Gasteiger partial charge is 0.249 e. The van der Waals surface area contributed by atoms with Crippen LogP contribution in [0.1, 0.15) is 367 Å². The molecule has 9 atom stereocenters. The molecule has 1 fully saturated rings. The lowest BCUT2D eigenvalue weighted by molar-refractivity contribution is -0.303. The average Bonchev–Trinajstić information content (AvgIpc) is 3.20. The number of hydrogen-bond donors (Lipinski definition) is 8. The van der Waals surface area contributed by atoms with Crippen LogP contribution in [0.2, 0.25) is 0 Å². The Morgan fingerprint density at radius 2 is 0.698 bits per heavy atom. The molecule has 1 amide bonds. The highest BCUT2D eigenvalue weighted by Gasteiger charge is 2.44. The van der Waals surface area contributed by atoms with Gasteiger partial charge >= 0.3 is 0 Å². The molecular formula is C75H143NO10. The molecule has 0 bridgehead atoms. The first-order chi connectivity index (χ1) is 42.2. The Kier molecular flexibility index (Phi) is 60.8. The molecule has 1 heterocycles. The summed E-state index contributed by atoms with van der Waals surface area (Å²) in [7, 11) is 0. The first-order valence-corrected chi connectivity index (χ1v) is 37.4. The van der Waals surface area contributed by atoms with E-state index in [2.05, 4.69) is 55.6 Å². The van der Waals surface area contributed by atoms with E-state index in [0.717, 1.165) is 38.5 Å². The minimum atomic E-state index is -1.67. The van der Waals surface area contributed by atoms with Crippen LogP contribution in [0, 0.1) is 0 Å². The Morgan fingerprint density at radius 1 is 0.395 bits per heavy atom. The fraction of sp³-hybridized carbons (Fsp3) is 0.907. The number of unbranched alkanes of at least 4 members (excludes halogenated alkanes) is 48. The van der Waals surface area contributed by atoms with Gasteiger partial charge in [-0.1, -0.05) is 326 Å². The summed E-state index contributed by atoms with van der Waals surface area (Å²) in [6, 6.07) is -1.19. The minimum Gasteiger partial charge on any atom is -0.394 e. The number of ether oxygens (including phenoxy) is 2. The summed E-state index contributed by atoms with van der Waals surface area (Å²) in [4.78, 5) is 13.3. The molecule has 0 aromatic rings. The fourth-order valence-electron chi connectivity index (χ4n) is 12.2. The molecular weight excluding hydrogens is 1070 g/mol. The molecule has 1 rings (SSSR count). The summed E-state index contributed by atoms with van der Waals surface area (Å²) in [6.45, 7) is 3.49. The number of nitrogens with one attached hydrogen (secondary N) is 1. The fourth-order valence-corrected chi connectivity index (χ4v) is 12.2. The molecule has 508 valence electrons. The number of rotatable bonds is 66. The molecule has 1 aliphatic heterocycles. The Hall–Kier alpha value is -1.67. The van der Waals surface area contributed by atoms with E-state index in [1.54, 1.807) is 0 Å². The second kappa shape index (κ2) is 63.5. The van der Waals surface area contributed by atoms with Crippen LogP contribution in [0.3, 0.4) is 0 Å². The number of carbonyl (C=O) groups excluding carboxylic acids is 1. The Bertz CT molecular complexity index is 1490. The van der Waals surface area contributed by atoms with Crippen molar-refractivity contribution in [3.63, 3.8) is 0 Å². The third kappa shape index (κ3) is 50.0. The van der Waals surface area contributed by atoms with Crippen molar-refractivity contribution in [1.82, 2.24) is 5.32 Å². The van der Waals surface area contributed by atoms with Crippen LogP contribution in [0.4, 0.5) is 0 Å². The van der Waals surface area contributed by atoms with Crippen LogP contribution in [-0.2, 0) is 14.3 Å². The summed E-state index contributed by atoms with van der Waals surface area (Å²) in [5.74, 6) is -0.704. The van der Waals surface area contributed by atoms with Crippen molar-refractivity contribution in [2.45, 2.75) is 422 Å². The SMILES string of the molecule is CCCCCCCCCCCCCCCC/C=C/CC/C=C/CCCC(O)C(O)C(COC1OC(CO)C(O)C(O)C1O)NC(=O)C(O)CCCCCCCCCCCCCCCCCC/C=C\CCCCCCCCCCCCCCCCCC. The number of aliphatic hydroxyl groups is 7. The van der Waals surface area contributed by atoms with Crippen LogP contribution in [0.15, 0.2) is 36.5 Å². The average molecular weight is 1220 g/mol. The van der Waals surface area contributed by atoms with Crippen LogP contribution in [0.5, 0.6) is 0 Å². The molecule has 0 aromatic heterocycles. The van der Waals surface area contributed by atoms with Crippen molar-refractivity contribution in [3.05, 3.63) is 36.5 Å². The van der Waals surface area contributed by atoms with Crippen molar-refractivity contribution < 1.29 is 50.0 Å². The number of aliphatic hydroxyl groups excluding tert-OH is 7. The van der Waals surface area contributed by atoms with E-state index in [1.807, 2.05) is 0 Å². The van der Waals surface area contributed by atoms with E-state index in [1.165, 1.54) is 283 Å². The molecule has 1 saturated heterocycles. The zero-order chi connectivity index (χ0) is 62.4. The predicted molar refractivity (Wildman–Crippen MR) is 362 cm³/mol. The molecule has 11 heteroatoms. The van der Waals surface area contributed by atoms with Gasteiger partial charge in [0.15, 0.2) is 6.29 Å². The molecule has 1 aliphatic rings. The quantitative estimate of drug-likeness (QED) is 0.0215. The van der Waals surface area contributed by atoms with Gasteiger partial charge in [0.1, 0.15) is 36.6 Å². The molecule has 8 N–H and O–H groups in total. The lowest BCUT2D eigenvalue weighted by atomic mass is 9.98. The van der Waals surface area contributed by atoms with Gasteiger partial charge in [-0.3, -0.25) is 4.79 Å². The molecule has 86 heavy (non-hydrogen) atoms. The van der Waals surface area contributed by atoms with Gasteiger partial charge in [-0.05, 0) is 77.0 Å². The van der Waals surface area contributed by atoms with Gasteiger partial charge in [0, 0.05) is 0 Å². The maximum atomic E-state index is 13.3. The lowest BCUT2D eigenvalue weighted by Gasteiger charge is -2.40. The largest absolute Gasteiger partial charge is 0.394 e. The first-order valence-electron chi connectivity index (χ1n) is 37.4. The summed E-state index contributed by atoms with van der Waals surface area (Å²) >= 11 is 0. The summed E-state index contributed by atoms with van der Waals surface area (Å²) in [5.41, 5.74) is 0. The topological polar surface area (TPSA) is 189 Å². The highest BCUT2D eigenvalue weighted by Crippen LogP contribution is 2.24. The zero-order valence-electron chi connectivity index (χ0n) is 56.3. The molecule has 0 aliphatic carbocycles.